The smallest absolute Gasteiger partial charge is 0.271 e. The van der Waals surface area contributed by atoms with Crippen LogP contribution in [0.3, 0.4) is 0 Å². The Bertz CT molecular complexity index is 395. The molecule has 1 aromatic rings. The second-order valence-corrected chi connectivity index (χ2v) is 4.30. The molecule has 3 nitrogen and oxygen atoms in total. The van der Waals surface area contributed by atoms with Crippen LogP contribution in [0.15, 0.2) is 35.0 Å². The first-order valence-electron chi connectivity index (χ1n) is 4.84. The first-order valence-corrected chi connectivity index (χ1v) is 5.63. The van der Waals surface area contributed by atoms with E-state index in [1.165, 1.54) is 0 Å². The van der Waals surface area contributed by atoms with Crippen LogP contribution >= 0.6 is 15.9 Å². The van der Waals surface area contributed by atoms with E-state index in [1.807, 2.05) is 6.07 Å². The van der Waals surface area contributed by atoms with Gasteiger partial charge in [0, 0.05) is 16.7 Å². The summed E-state index contributed by atoms with van der Waals surface area (Å²) in [5, 5.41) is 2.94. The zero-order valence-corrected chi connectivity index (χ0v) is 9.70. The van der Waals surface area contributed by atoms with Crippen molar-refractivity contribution in [3.63, 3.8) is 0 Å². The number of pyridine rings is 1. The molecule has 0 fully saturated rings. The molecule has 1 aliphatic rings. The topological polar surface area (TPSA) is 42.0 Å². The van der Waals surface area contributed by atoms with Gasteiger partial charge < -0.3 is 5.32 Å². The van der Waals surface area contributed by atoms with Crippen molar-refractivity contribution >= 4 is 21.8 Å². The summed E-state index contributed by atoms with van der Waals surface area (Å²) in [6.45, 7) is 0. The standard InChI is InChI=1S/C11H11BrN2O/c12-9-6-3-7-13-10(9)11(15)14-8-4-1-2-5-8/h1-3,6-8H,4-5H2,(H,14,15). The van der Waals surface area contributed by atoms with Crippen LogP contribution in [0.4, 0.5) is 0 Å². The summed E-state index contributed by atoms with van der Waals surface area (Å²) in [5.74, 6) is -0.115. The third-order valence-corrected chi connectivity index (χ3v) is 2.96. The number of aromatic nitrogens is 1. The monoisotopic (exact) mass is 266 g/mol. The van der Waals surface area contributed by atoms with E-state index in [1.54, 1.807) is 12.3 Å². The minimum atomic E-state index is -0.115. The van der Waals surface area contributed by atoms with Crippen molar-refractivity contribution < 1.29 is 4.79 Å². The minimum Gasteiger partial charge on any atom is -0.347 e. The van der Waals surface area contributed by atoms with Crippen molar-refractivity contribution in [2.45, 2.75) is 18.9 Å². The van der Waals surface area contributed by atoms with E-state index in [0.717, 1.165) is 17.3 Å². The van der Waals surface area contributed by atoms with Gasteiger partial charge in [0.05, 0.1) is 0 Å². The first kappa shape index (κ1) is 10.4. The van der Waals surface area contributed by atoms with Crippen molar-refractivity contribution in [2.75, 3.05) is 0 Å². The second kappa shape index (κ2) is 4.57. The highest BCUT2D eigenvalue weighted by molar-refractivity contribution is 9.10. The summed E-state index contributed by atoms with van der Waals surface area (Å²) >= 11 is 3.31. The number of nitrogens with zero attached hydrogens (tertiary/aromatic N) is 1. The molecule has 0 unspecified atom stereocenters. The molecule has 0 spiro atoms. The Kier molecular flexibility index (Phi) is 3.16. The third kappa shape index (κ3) is 2.45. The fourth-order valence-electron chi connectivity index (χ4n) is 1.54. The highest BCUT2D eigenvalue weighted by Crippen LogP contribution is 2.15. The largest absolute Gasteiger partial charge is 0.347 e. The quantitative estimate of drug-likeness (QED) is 0.835. The summed E-state index contributed by atoms with van der Waals surface area (Å²) in [7, 11) is 0. The van der Waals surface area contributed by atoms with Crippen LogP contribution in [0.1, 0.15) is 23.3 Å². The lowest BCUT2D eigenvalue weighted by Crippen LogP contribution is -2.33. The van der Waals surface area contributed by atoms with E-state index in [9.17, 15) is 4.79 Å². The Morgan fingerprint density at radius 2 is 2.20 bits per heavy atom. The van der Waals surface area contributed by atoms with Gasteiger partial charge in [0.25, 0.3) is 5.91 Å². The van der Waals surface area contributed by atoms with Crippen LogP contribution in [0.25, 0.3) is 0 Å². The SMILES string of the molecule is O=C(NC1CC=CC1)c1ncccc1Br. The molecule has 15 heavy (non-hydrogen) atoms. The molecule has 1 heterocycles. The number of nitrogens with one attached hydrogen (secondary N) is 1. The van der Waals surface area contributed by atoms with Gasteiger partial charge in [0.2, 0.25) is 0 Å². The molecule has 0 radical (unpaired) electrons. The summed E-state index contributed by atoms with van der Waals surface area (Å²) in [6, 6.07) is 3.83. The number of amides is 1. The Labute approximate surface area is 96.7 Å². The lowest BCUT2D eigenvalue weighted by molar-refractivity contribution is 0.0933. The van der Waals surface area contributed by atoms with Gasteiger partial charge in [-0.05, 0) is 40.9 Å². The van der Waals surface area contributed by atoms with Gasteiger partial charge in [-0.1, -0.05) is 12.2 Å². The number of hydrogen-bond acceptors (Lipinski definition) is 2. The highest BCUT2D eigenvalue weighted by Gasteiger charge is 2.16. The molecule has 78 valence electrons. The lowest BCUT2D eigenvalue weighted by Gasteiger charge is -2.11. The number of hydrogen-bond donors (Lipinski definition) is 1. The van der Waals surface area contributed by atoms with Gasteiger partial charge in [-0.15, -0.1) is 0 Å². The number of carbonyl (C=O) groups is 1. The number of rotatable bonds is 2. The van der Waals surface area contributed by atoms with E-state index < -0.39 is 0 Å². The fourth-order valence-corrected chi connectivity index (χ4v) is 1.98. The second-order valence-electron chi connectivity index (χ2n) is 3.45. The van der Waals surface area contributed by atoms with Gasteiger partial charge in [-0.2, -0.15) is 0 Å². The number of halogens is 1. The van der Waals surface area contributed by atoms with Crippen LogP contribution in [0, 0.1) is 0 Å². The molecule has 0 saturated carbocycles. The summed E-state index contributed by atoms with van der Waals surface area (Å²) in [5.41, 5.74) is 0.449. The minimum absolute atomic E-state index is 0.115. The van der Waals surface area contributed by atoms with Crippen molar-refractivity contribution in [3.05, 3.63) is 40.6 Å². The fraction of sp³-hybridized carbons (Fsp3) is 0.273. The van der Waals surface area contributed by atoms with E-state index >= 15 is 0 Å². The van der Waals surface area contributed by atoms with Gasteiger partial charge in [-0.25, -0.2) is 4.98 Å². The Hall–Kier alpha value is -1.16. The first-order chi connectivity index (χ1) is 7.27. The lowest BCUT2D eigenvalue weighted by atomic mass is 10.2. The van der Waals surface area contributed by atoms with Crippen LogP contribution in [-0.2, 0) is 0 Å². The Morgan fingerprint density at radius 3 is 2.87 bits per heavy atom. The molecule has 0 aromatic carbocycles. The summed E-state index contributed by atoms with van der Waals surface area (Å²) < 4.78 is 0.730. The van der Waals surface area contributed by atoms with E-state index in [4.69, 9.17) is 0 Å². The van der Waals surface area contributed by atoms with Crippen LogP contribution in [-0.4, -0.2) is 16.9 Å². The van der Waals surface area contributed by atoms with Gasteiger partial charge in [-0.3, -0.25) is 4.79 Å². The maximum atomic E-state index is 11.8. The molecule has 1 aromatic heterocycles. The normalized spacial score (nSPS) is 15.5. The molecule has 2 rings (SSSR count). The molecule has 0 aliphatic heterocycles. The molecular weight excluding hydrogens is 256 g/mol. The van der Waals surface area contributed by atoms with Gasteiger partial charge in [0.15, 0.2) is 0 Å². The zero-order chi connectivity index (χ0) is 10.7. The molecular formula is C11H11BrN2O. The van der Waals surface area contributed by atoms with Crippen molar-refractivity contribution in [1.29, 1.82) is 0 Å². The Morgan fingerprint density at radius 1 is 1.47 bits per heavy atom. The van der Waals surface area contributed by atoms with Crippen molar-refractivity contribution in [1.82, 2.24) is 10.3 Å². The third-order valence-electron chi connectivity index (χ3n) is 2.32. The molecule has 0 bridgehead atoms. The van der Waals surface area contributed by atoms with E-state index in [0.29, 0.717) is 5.69 Å². The molecule has 1 amide bonds. The summed E-state index contributed by atoms with van der Waals surface area (Å²) in [6.07, 6.45) is 7.61. The average Bonchev–Trinajstić information content (AvgIpc) is 2.71. The van der Waals surface area contributed by atoms with Gasteiger partial charge >= 0.3 is 0 Å². The molecule has 1 N–H and O–H groups in total. The Balaban J connectivity index is 2.05. The average molecular weight is 267 g/mol. The predicted octanol–water partition coefficient (Wildman–Crippen LogP) is 2.29. The maximum absolute atomic E-state index is 11.8. The predicted molar refractivity (Wildman–Crippen MR) is 61.6 cm³/mol. The van der Waals surface area contributed by atoms with E-state index in [-0.39, 0.29) is 11.9 Å². The molecule has 0 saturated heterocycles. The van der Waals surface area contributed by atoms with Crippen molar-refractivity contribution in [3.8, 4) is 0 Å². The van der Waals surface area contributed by atoms with Crippen LogP contribution in [0.5, 0.6) is 0 Å². The van der Waals surface area contributed by atoms with Crippen LogP contribution < -0.4 is 5.32 Å². The molecule has 4 heteroatoms. The zero-order valence-electron chi connectivity index (χ0n) is 8.11. The van der Waals surface area contributed by atoms with E-state index in [2.05, 4.69) is 38.4 Å². The van der Waals surface area contributed by atoms with Crippen molar-refractivity contribution in [2.24, 2.45) is 0 Å². The maximum Gasteiger partial charge on any atom is 0.271 e. The number of carbonyl (C=O) groups excluding carboxylic acids is 1. The van der Waals surface area contributed by atoms with Gasteiger partial charge in [0.1, 0.15) is 5.69 Å². The molecule has 1 aliphatic carbocycles. The van der Waals surface area contributed by atoms with Crippen LogP contribution in [0.2, 0.25) is 0 Å². The molecule has 0 atom stereocenters. The highest BCUT2D eigenvalue weighted by atomic mass is 79.9. The summed E-state index contributed by atoms with van der Waals surface area (Å²) in [4.78, 5) is 15.8.